The number of methoxy groups -OCH3 is 1. The highest BCUT2D eigenvalue weighted by Crippen LogP contribution is 2.30. The molecule has 0 amide bonds. The third kappa shape index (κ3) is 1.99. The fraction of sp³-hybridized carbons (Fsp3) is 0.0833. The monoisotopic (exact) mass is 236 g/mol. The fourth-order valence-corrected chi connectivity index (χ4v) is 1.52. The second-order valence-electron chi connectivity index (χ2n) is 3.31. The molecule has 1 aromatic heterocycles. The minimum atomic E-state index is -1.17. The van der Waals surface area contributed by atoms with Crippen molar-refractivity contribution in [3.8, 4) is 17.1 Å². The Morgan fingerprint density at radius 1 is 1.47 bits per heavy atom. The van der Waals surface area contributed by atoms with E-state index in [0.717, 1.165) is 12.1 Å². The second-order valence-corrected chi connectivity index (χ2v) is 3.31. The summed E-state index contributed by atoms with van der Waals surface area (Å²) >= 11 is 0. The van der Waals surface area contributed by atoms with E-state index in [0.29, 0.717) is 5.76 Å². The highest BCUT2D eigenvalue weighted by atomic mass is 19.1. The van der Waals surface area contributed by atoms with Gasteiger partial charge in [-0.3, -0.25) is 0 Å². The van der Waals surface area contributed by atoms with E-state index in [2.05, 4.69) is 0 Å². The molecule has 0 saturated heterocycles. The van der Waals surface area contributed by atoms with Gasteiger partial charge in [0.15, 0.2) is 11.6 Å². The number of ether oxygens (including phenoxy) is 1. The standard InChI is InChI=1S/C12H9FO4/c1-16-11-6-8(12(14)15)7(5-9(11)13)10-3-2-4-17-10/h2-6H,1H3,(H,14,15). The number of rotatable bonds is 3. The zero-order chi connectivity index (χ0) is 12.4. The maximum absolute atomic E-state index is 13.5. The van der Waals surface area contributed by atoms with Crippen LogP contribution in [0.3, 0.4) is 0 Å². The summed E-state index contributed by atoms with van der Waals surface area (Å²) in [5.74, 6) is -1.62. The van der Waals surface area contributed by atoms with Crippen LogP contribution in [0, 0.1) is 5.82 Å². The molecule has 0 unspecified atom stereocenters. The maximum atomic E-state index is 13.5. The molecule has 2 rings (SSSR count). The summed E-state index contributed by atoms with van der Waals surface area (Å²) < 4.78 is 23.3. The Balaban J connectivity index is 2.66. The van der Waals surface area contributed by atoms with Gasteiger partial charge in [0.05, 0.1) is 18.9 Å². The number of carboxylic acids is 1. The van der Waals surface area contributed by atoms with E-state index in [-0.39, 0.29) is 16.9 Å². The Hall–Kier alpha value is -2.30. The molecule has 0 aliphatic rings. The van der Waals surface area contributed by atoms with Gasteiger partial charge >= 0.3 is 5.97 Å². The lowest BCUT2D eigenvalue weighted by Gasteiger charge is -2.07. The number of hydrogen-bond acceptors (Lipinski definition) is 3. The molecular weight excluding hydrogens is 227 g/mol. The predicted octanol–water partition coefficient (Wildman–Crippen LogP) is 2.79. The lowest BCUT2D eigenvalue weighted by atomic mass is 10.0. The molecule has 1 aromatic carbocycles. The van der Waals surface area contributed by atoms with Crippen LogP contribution in [0.15, 0.2) is 34.9 Å². The number of aromatic carboxylic acids is 1. The lowest BCUT2D eigenvalue weighted by molar-refractivity contribution is 0.0697. The topological polar surface area (TPSA) is 59.7 Å². The van der Waals surface area contributed by atoms with Gasteiger partial charge < -0.3 is 14.3 Å². The molecule has 0 bridgehead atoms. The molecule has 0 spiro atoms. The van der Waals surface area contributed by atoms with Crippen LogP contribution in [0.1, 0.15) is 10.4 Å². The van der Waals surface area contributed by atoms with Gasteiger partial charge in [0.2, 0.25) is 0 Å². The van der Waals surface area contributed by atoms with Crippen molar-refractivity contribution in [3.63, 3.8) is 0 Å². The zero-order valence-electron chi connectivity index (χ0n) is 8.94. The van der Waals surface area contributed by atoms with Crippen molar-refractivity contribution < 1.29 is 23.4 Å². The van der Waals surface area contributed by atoms with Crippen LogP contribution in [-0.2, 0) is 0 Å². The van der Waals surface area contributed by atoms with Crippen molar-refractivity contribution >= 4 is 5.97 Å². The van der Waals surface area contributed by atoms with E-state index >= 15 is 0 Å². The van der Waals surface area contributed by atoms with Crippen LogP contribution >= 0.6 is 0 Å². The molecule has 2 aromatic rings. The van der Waals surface area contributed by atoms with Crippen LogP contribution in [0.5, 0.6) is 5.75 Å². The third-order valence-corrected chi connectivity index (χ3v) is 2.31. The van der Waals surface area contributed by atoms with Gasteiger partial charge in [-0.2, -0.15) is 0 Å². The summed E-state index contributed by atoms with van der Waals surface area (Å²) in [6.45, 7) is 0. The molecule has 0 radical (unpaired) electrons. The first-order valence-corrected chi connectivity index (χ1v) is 4.78. The smallest absolute Gasteiger partial charge is 0.336 e. The van der Waals surface area contributed by atoms with Crippen molar-refractivity contribution in [2.45, 2.75) is 0 Å². The highest BCUT2D eigenvalue weighted by molar-refractivity contribution is 5.95. The van der Waals surface area contributed by atoms with Crippen LogP contribution in [-0.4, -0.2) is 18.2 Å². The van der Waals surface area contributed by atoms with Gasteiger partial charge in [0.1, 0.15) is 5.76 Å². The molecule has 4 nitrogen and oxygen atoms in total. The quantitative estimate of drug-likeness (QED) is 0.890. The fourth-order valence-electron chi connectivity index (χ4n) is 1.52. The van der Waals surface area contributed by atoms with Gasteiger partial charge in [-0.15, -0.1) is 0 Å². The van der Waals surface area contributed by atoms with Gasteiger partial charge in [-0.25, -0.2) is 9.18 Å². The van der Waals surface area contributed by atoms with E-state index in [1.165, 1.54) is 13.4 Å². The Morgan fingerprint density at radius 2 is 2.24 bits per heavy atom. The third-order valence-electron chi connectivity index (χ3n) is 2.31. The number of halogens is 1. The molecule has 1 heterocycles. The van der Waals surface area contributed by atoms with Crippen molar-refractivity contribution in [2.75, 3.05) is 7.11 Å². The molecule has 88 valence electrons. The summed E-state index contributed by atoms with van der Waals surface area (Å²) in [5, 5.41) is 9.06. The molecule has 0 aliphatic heterocycles. The Labute approximate surface area is 96.2 Å². The van der Waals surface area contributed by atoms with Crippen molar-refractivity contribution in [3.05, 3.63) is 41.9 Å². The zero-order valence-corrected chi connectivity index (χ0v) is 8.94. The molecule has 0 fully saturated rings. The van der Waals surface area contributed by atoms with E-state index in [9.17, 15) is 9.18 Å². The van der Waals surface area contributed by atoms with Crippen LogP contribution < -0.4 is 4.74 Å². The molecule has 5 heteroatoms. The SMILES string of the molecule is COc1cc(C(=O)O)c(-c2ccco2)cc1F. The van der Waals surface area contributed by atoms with E-state index in [4.69, 9.17) is 14.3 Å². The first-order valence-electron chi connectivity index (χ1n) is 4.78. The molecule has 1 N–H and O–H groups in total. The summed E-state index contributed by atoms with van der Waals surface area (Å²) in [5.41, 5.74) is 0.110. The summed E-state index contributed by atoms with van der Waals surface area (Å²) in [4.78, 5) is 11.1. The minimum Gasteiger partial charge on any atom is -0.494 e. The Kier molecular flexibility index (Phi) is 2.82. The molecular formula is C12H9FO4. The normalized spacial score (nSPS) is 10.2. The first kappa shape index (κ1) is 11.2. The summed E-state index contributed by atoms with van der Waals surface area (Å²) in [6, 6.07) is 5.38. The lowest BCUT2D eigenvalue weighted by Crippen LogP contribution is -2.01. The van der Waals surface area contributed by atoms with Crippen LogP contribution in [0.4, 0.5) is 4.39 Å². The molecule has 17 heavy (non-hydrogen) atoms. The second kappa shape index (κ2) is 4.29. The number of carbonyl (C=O) groups is 1. The van der Waals surface area contributed by atoms with E-state index in [1.807, 2.05) is 0 Å². The Morgan fingerprint density at radius 3 is 2.76 bits per heavy atom. The van der Waals surface area contributed by atoms with Crippen LogP contribution in [0.2, 0.25) is 0 Å². The summed E-state index contributed by atoms with van der Waals surface area (Å²) in [6.07, 6.45) is 1.39. The first-order chi connectivity index (χ1) is 8.13. The largest absolute Gasteiger partial charge is 0.494 e. The van der Waals surface area contributed by atoms with Gasteiger partial charge in [-0.05, 0) is 24.3 Å². The van der Waals surface area contributed by atoms with Crippen molar-refractivity contribution in [2.24, 2.45) is 0 Å². The van der Waals surface area contributed by atoms with Crippen LogP contribution in [0.25, 0.3) is 11.3 Å². The average Bonchev–Trinajstić information content (AvgIpc) is 2.81. The van der Waals surface area contributed by atoms with Crippen molar-refractivity contribution in [1.82, 2.24) is 0 Å². The maximum Gasteiger partial charge on any atom is 0.336 e. The van der Waals surface area contributed by atoms with Gasteiger partial charge in [0.25, 0.3) is 0 Å². The van der Waals surface area contributed by atoms with E-state index in [1.54, 1.807) is 12.1 Å². The number of hydrogen-bond donors (Lipinski definition) is 1. The van der Waals surface area contributed by atoms with Crippen molar-refractivity contribution in [1.29, 1.82) is 0 Å². The summed E-state index contributed by atoms with van der Waals surface area (Å²) in [7, 11) is 1.27. The van der Waals surface area contributed by atoms with Gasteiger partial charge in [-0.1, -0.05) is 0 Å². The average molecular weight is 236 g/mol. The minimum absolute atomic E-state index is 0.0711. The molecule has 0 saturated carbocycles. The number of carboxylic acid groups (broad SMARTS) is 1. The van der Waals surface area contributed by atoms with E-state index < -0.39 is 11.8 Å². The predicted molar refractivity (Wildman–Crippen MR) is 57.6 cm³/mol. The number of furan rings is 1. The molecule has 0 atom stereocenters. The Bertz CT molecular complexity index is 546. The number of benzene rings is 1. The van der Waals surface area contributed by atoms with Gasteiger partial charge in [0, 0.05) is 5.56 Å². The molecule has 0 aliphatic carbocycles. The highest BCUT2D eigenvalue weighted by Gasteiger charge is 2.18.